The summed E-state index contributed by atoms with van der Waals surface area (Å²) in [6.45, 7) is 0.542. The standard InChI is InChI=1S/C14H17NO5S/c1-21(17,18)8-2-7-15-14(16)6-4-11-3-5-12-13(9-11)20-10-19-12/h3-6,9H,2,7-8,10H2,1H3,(H,15,16)/b6-4-. The minimum absolute atomic E-state index is 0.0686. The topological polar surface area (TPSA) is 81.7 Å². The van der Waals surface area contributed by atoms with Gasteiger partial charge in [-0.1, -0.05) is 6.07 Å². The van der Waals surface area contributed by atoms with Crippen molar-refractivity contribution >= 4 is 21.8 Å². The van der Waals surface area contributed by atoms with Gasteiger partial charge in [0.1, 0.15) is 9.84 Å². The van der Waals surface area contributed by atoms with E-state index >= 15 is 0 Å². The van der Waals surface area contributed by atoms with Crippen molar-refractivity contribution in [3.05, 3.63) is 29.8 Å². The van der Waals surface area contributed by atoms with Gasteiger partial charge in [-0.3, -0.25) is 4.79 Å². The van der Waals surface area contributed by atoms with Crippen molar-refractivity contribution in [3.8, 4) is 11.5 Å². The van der Waals surface area contributed by atoms with Crippen molar-refractivity contribution in [2.24, 2.45) is 0 Å². The molecule has 1 heterocycles. The van der Waals surface area contributed by atoms with E-state index in [9.17, 15) is 13.2 Å². The van der Waals surface area contributed by atoms with E-state index in [0.717, 1.165) is 5.56 Å². The van der Waals surface area contributed by atoms with Gasteiger partial charge >= 0.3 is 0 Å². The summed E-state index contributed by atoms with van der Waals surface area (Å²) in [5.41, 5.74) is 0.825. The Morgan fingerprint density at radius 1 is 1.33 bits per heavy atom. The zero-order chi connectivity index (χ0) is 15.3. The van der Waals surface area contributed by atoms with Gasteiger partial charge in [0.25, 0.3) is 0 Å². The number of amides is 1. The average Bonchev–Trinajstić information content (AvgIpc) is 2.87. The zero-order valence-electron chi connectivity index (χ0n) is 11.7. The van der Waals surface area contributed by atoms with Crippen LogP contribution in [-0.4, -0.2) is 39.7 Å². The van der Waals surface area contributed by atoms with Crippen molar-refractivity contribution in [1.82, 2.24) is 5.32 Å². The van der Waals surface area contributed by atoms with Gasteiger partial charge in [0.2, 0.25) is 12.7 Å². The van der Waals surface area contributed by atoms with Gasteiger partial charge in [-0.25, -0.2) is 8.42 Å². The number of carbonyl (C=O) groups is 1. The molecule has 7 heteroatoms. The van der Waals surface area contributed by atoms with E-state index in [1.807, 2.05) is 6.07 Å². The number of fused-ring (bicyclic) bond motifs is 1. The number of rotatable bonds is 6. The lowest BCUT2D eigenvalue weighted by molar-refractivity contribution is -0.116. The Bertz CT molecular complexity index is 651. The monoisotopic (exact) mass is 311 g/mol. The molecule has 2 rings (SSSR count). The van der Waals surface area contributed by atoms with Gasteiger partial charge in [0, 0.05) is 18.9 Å². The maximum atomic E-state index is 11.6. The molecular weight excluding hydrogens is 294 g/mol. The summed E-state index contributed by atoms with van der Waals surface area (Å²) >= 11 is 0. The lowest BCUT2D eigenvalue weighted by Crippen LogP contribution is -2.23. The van der Waals surface area contributed by atoms with Gasteiger partial charge in [-0.2, -0.15) is 0 Å². The van der Waals surface area contributed by atoms with E-state index < -0.39 is 9.84 Å². The highest BCUT2D eigenvalue weighted by Crippen LogP contribution is 2.32. The second-order valence-electron chi connectivity index (χ2n) is 4.72. The summed E-state index contributed by atoms with van der Waals surface area (Å²) in [6, 6.07) is 5.39. The van der Waals surface area contributed by atoms with Gasteiger partial charge in [0.15, 0.2) is 11.5 Å². The lowest BCUT2D eigenvalue weighted by atomic mass is 10.2. The Hall–Kier alpha value is -2.02. The molecule has 1 amide bonds. The van der Waals surface area contributed by atoms with Crippen LogP contribution in [-0.2, 0) is 14.6 Å². The number of nitrogens with one attached hydrogen (secondary N) is 1. The molecule has 1 aromatic carbocycles. The largest absolute Gasteiger partial charge is 0.454 e. The fourth-order valence-electron chi connectivity index (χ4n) is 1.79. The Balaban J connectivity index is 1.79. The van der Waals surface area contributed by atoms with Crippen molar-refractivity contribution in [2.75, 3.05) is 25.3 Å². The minimum Gasteiger partial charge on any atom is -0.454 e. The normalized spacial score (nSPS) is 13.6. The molecule has 6 nitrogen and oxygen atoms in total. The molecular formula is C14H17NO5S. The first-order chi connectivity index (χ1) is 9.94. The number of carbonyl (C=O) groups excluding carboxylic acids is 1. The SMILES string of the molecule is CS(=O)(=O)CCCNC(=O)/C=C\c1ccc2c(c1)OCO2. The van der Waals surface area contributed by atoms with E-state index in [1.165, 1.54) is 12.3 Å². The summed E-state index contributed by atoms with van der Waals surface area (Å²) in [6.07, 6.45) is 4.64. The molecule has 0 aliphatic carbocycles. The Morgan fingerprint density at radius 2 is 2.10 bits per heavy atom. The molecule has 1 aromatic rings. The Morgan fingerprint density at radius 3 is 2.86 bits per heavy atom. The van der Waals surface area contributed by atoms with Crippen LogP contribution >= 0.6 is 0 Å². The maximum absolute atomic E-state index is 11.6. The van der Waals surface area contributed by atoms with Gasteiger partial charge < -0.3 is 14.8 Å². The van der Waals surface area contributed by atoms with Crippen LogP contribution in [0, 0.1) is 0 Å². The smallest absolute Gasteiger partial charge is 0.243 e. The van der Waals surface area contributed by atoms with Crippen LogP contribution < -0.4 is 14.8 Å². The lowest BCUT2D eigenvalue weighted by Gasteiger charge is -2.01. The van der Waals surface area contributed by atoms with Crippen LogP contribution in [0.3, 0.4) is 0 Å². The first-order valence-electron chi connectivity index (χ1n) is 6.47. The average molecular weight is 311 g/mol. The molecule has 21 heavy (non-hydrogen) atoms. The van der Waals surface area contributed by atoms with Crippen molar-refractivity contribution < 1.29 is 22.7 Å². The fraction of sp³-hybridized carbons (Fsp3) is 0.357. The van der Waals surface area contributed by atoms with E-state index in [-0.39, 0.29) is 18.5 Å². The summed E-state index contributed by atoms with van der Waals surface area (Å²) in [7, 11) is -2.98. The van der Waals surface area contributed by atoms with Gasteiger partial charge in [-0.05, 0) is 30.2 Å². The first kappa shape index (κ1) is 15.4. The third-order valence-electron chi connectivity index (χ3n) is 2.81. The number of hydrogen-bond donors (Lipinski definition) is 1. The van der Waals surface area contributed by atoms with Crippen LogP contribution in [0.5, 0.6) is 11.5 Å². The van der Waals surface area contributed by atoms with E-state index in [2.05, 4.69) is 5.32 Å². The van der Waals surface area contributed by atoms with Crippen LogP contribution in [0.15, 0.2) is 24.3 Å². The fourth-order valence-corrected chi connectivity index (χ4v) is 2.46. The van der Waals surface area contributed by atoms with Crippen molar-refractivity contribution in [2.45, 2.75) is 6.42 Å². The summed E-state index contributed by atoms with van der Waals surface area (Å²) in [5.74, 6) is 1.16. The second-order valence-corrected chi connectivity index (χ2v) is 6.98. The molecule has 1 aliphatic rings. The molecule has 0 spiro atoms. The molecule has 0 radical (unpaired) electrons. The zero-order valence-corrected chi connectivity index (χ0v) is 12.5. The molecule has 0 atom stereocenters. The van der Waals surface area contributed by atoms with Crippen LogP contribution in [0.1, 0.15) is 12.0 Å². The molecule has 0 aromatic heterocycles. The highest BCUT2D eigenvalue weighted by atomic mass is 32.2. The van der Waals surface area contributed by atoms with E-state index in [4.69, 9.17) is 9.47 Å². The highest BCUT2D eigenvalue weighted by Gasteiger charge is 2.12. The number of ether oxygens (including phenoxy) is 2. The van der Waals surface area contributed by atoms with E-state index in [0.29, 0.717) is 24.5 Å². The third-order valence-corrected chi connectivity index (χ3v) is 3.85. The number of hydrogen-bond acceptors (Lipinski definition) is 5. The maximum Gasteiger partial charge on any atom is 0.243 e. The van der Waals surface area contributed by atoms with Gasteiger partial charge in [-0.15, -0.1) is 0 Å². The quantitative estimate of drug-likeness (QED) is 0.625. The molecule has 114 valence electrons. The minimum atomic E-state index is -2.98. The highest BCUT2D eigenvalue weighted by molar-refractivity contribution is 7.90. The molecule has 1 N–H and O–H groups in total. The molecule has 0 saturated carbocycles. The predicted molar refractivity (Wildman–Crippen MR) is 78.9 cm³/mol. The second kappa shape index (κ2) is 6.62. The van der Waals surface area contributed by atoms with Crippen LogP contribution in [0.25, 0.3) is 6.08 Å². The van der Waals surface area contributed by atoms with E-state index in [1.54, 1.807) is 18.2 Å². The molecule has 0 unspecified atom stereocenters. The molecule has 0 saturated heterocycles. The first-order valence-corrected chi connectivity index (χ1v) is 8.53. The predicted octanol–water partition coefficient (Wildman–Crippen LogP) is 0.979. The van der Waals surface area contributed by atoms with Gasteiger partial charge in [0.05, 0.1) is 5.75 Å². The molecule has 1 aliphatic heterocycles. The number of benzene rings is 1. The molecule has 0 bridgehead atoms. The third kappa shape index (κ3) is 5.11. The molecule has 0 fully saturated rings. The number of sulfone groups is 1. The van der Waals surface area contributed by atoms with Crippen molar-refractivity contribution in [3.63, 3.8) is 0 Å². The summed E-state index contributed by atoms with van der Waals surface area (Å²) in [4.78, 5) is 11.6. The Kier molecular flexibility index (Phi) is 4.85. The Labute approximate surface area is 123 Å². The summed E-state index contributed by atoms with van der Waals surface area (Å²) in [5, 5.41) is 2.63. The summed E-state index contributed by atoms with van der Waals surface area (Å²) < 4.78 is 32.3. The van der Waals surface area contributed by atoms with Crippen molar-refractivity contribution in [1.29, 1.82) is 0 Å². The van der Waals surface area contributed by atoms with Crippen LogP contribution in [0.4, 0.5) is 0 Å². The van der Waals surface area contributed by atoms with Crippen LogP contribution in [0.2, 0.25) is 0 Å².